The number of halogens is 1. The van der Waals surface area contributed by atoms with Gasteiger partial charge in [0.05, 0.1) is 10.6 Å². The van der Waals surface area contributed by atoms with Crippen LogP contribution in [0.25, 0.3) is 0 Å². The first-order valence-electron chi connectivity index (χ1n) is 5.95. The van der Waals surface area contributed by atoms with Crippen LogP contribution in [-0.4, -0.2) is 14.4 Å². The van der Waals surface area contributed by atoms with Gasteiger partial charge in [0.15, 0.2) is 0 Å². The van der Waals surface area contributed by atoms with E-state index in [-0.39, 0.29) is 15.5 Å². The second kappa shape index (κ2) is 6.26. The molecule has 21 heavy (non-hydrogen) atoms. The van der Waals surface area contributed by atoms with Crippen LogP contribution in [0.15, 0.2) is 53.4 Å². The third kappa shape index (κ3) is 3.60. The lowest BCUT2D eigenvalue weighted by Gasteiger charge is -2.09. The largest absolute Gasteiger partial charge is 0.358 e. The fourth-order valence-electron chi connectivity index (χ4n) is 1.66. The number of carbonyl (C=O) groups excluding carboxylic acids is 1. The van der Waals surface area contributed by atoms with E-state index < -0.39 is 16.0 Å². The molecule has 0 aliphatic carbocycles. The average molecular weight is 326 g/mol. The SMILES string of the molecule is Cc1ccccc1C(=O)ONS(=O)(=O)c1ccccc1Cl. The summed E-state index contributed by atoms with van der Waals surface area (Å²) >= 11 is 5.81. The van der Waals surface area contributed by atoms with Gasteiger partial charge in [-0.1, -0.05) is 41.9 Å². The molecule has 2 rings (SSSR count). The standard InChI is InChI=1S/C14H12ClNO4S/c1-10-6-2-3-7-11(10)14(17)20-16-21(18,19)13-9-5-4-8-12(13)15/h2-9,16H,1H3. The average Bonchev–Trinajstić information content (AvgIpc) is 2.45. The molecule has 7 heteroatoms. The van der Waals surface area contributed by atoms with Crippen LogP contribution in [0.5, 0.6) is 0 Å². The topological polar surface area (TPSA) is 72.5 Å². The third-order valence-corrected chi connectivity index (χ3v) is 4.41. The smallest absolute Gasteiger partial charge is 0.351 e. The summed E-state index contributed by atoms with van der Waals surface area (Å²) in [5, 5.41) is 0.0388. The number of sulfonamides is 1. The lowest BCUT2D eigenvalue weighted by Crippen LogP contribution is -2.27. The molecule has 0 unspecified atom stereocenters. The maximum Gasteiger partial charge on any atom is 0.358 e. The van der Waals surface area contributed by atoms with E-state index in [1.54, 1.807) is 42.1 Å². The molecule has 0 saturated heterocycles. The molecular weight excluding hydrogens is 314 g/mol. The van der Waals surface area contributed by atoms with E-state index in [1.165, 1.54) is 18.2 Å². The number of nitrogens with one attached hydrogen (secondary N) is 1. The monoisotopic (exact) mass is 325 g/mol. The highest BCUT2D eigenvalue weighted by molar-refractivity contribution is 7.89. The van der Waals surface area contributed by atoms with E-state index in [2.05, 4.69) is 4.84 Å². The van der Waals surface area contributed by atoms with Gasteiger partial charge in [0.25, 0.3) is 10.0 Å². The van der Waals surface area contributed by atoms with Crippen LogP contribution >= 0.6 is 11.6 Å². The number of carbonyl (C=O) groups is 1. The second-order valence-electron chi connectivity index (χ2n) is 4.22. The van der Waals surface area contributed by atoms with Gasteiger partial charge in [0, 0.05) is 0 Å². The van der Waals surface area contributed by atoms with E-state index in [0.29, 0.717) is 5.56 Å². The van der Waals surface area contributed by atoms with Crippen LogP contribution in [0.3, 0.4) is 0 Å². The number of benzene rings is 2. The molecule has 0 heterocycles. The van der Waals surface area contributed by atoms with Gasteiger partial charge in [-0.05, 0) is 35.6 Å². The molecule has 0 fully saturated rings. The normalized spacial score (nSPS) is 11.1. The quantitative estimate of drug-likeness (QED) is 0.877. The minimum atomic E-state index is -4.03. The summed E-state index contributed by atoms with van der Waals surface area (Å²) in [6.45, 7) is 1.72. The molecule has 0 aliphatic heterocycles. The van der Waals surface area contributed by atoms with E-state index in [0.717, 1.165) is 0 Å². The van der Waals surface area contributed by atoms with Crippen molar-refractivity contribution in [3.05, 3.63) is 64.7 Å². The molecular formula is C14H12ClNO4S. The highest BCUT2D eigenvalue weighted by Gasteiger charge is 2.20. The van der Waals surface area contributed by atoms with Gasteiger partial charge >= 0.3 is 5.97 Å². The summed E-state index contributed by atoms with van der Waals surface area (Å²) in [4.78, 5) is 18.1. The van der Waals surface area contributed by atoms with Gasteiger partial charge < -0.3 is 4.84 Å². The Balaban J connectivity index is 2.15. The predicted octanol–water partition coefficient (Wildman–Crippen LogP) is 2.70. The van der Waals surface area contributed by atoms with E-state index in [9.17, 15) is 13.2 Å². The van der Waals surface area contributed by atoms with Gasteiger partial charge in [-0.3, -0.25) is 0 Å². The van der Waals surface area contributed by atoms with E-state index in [1.807, 2.05) is 0 Å². The van der Waals surface area contributed by atoms with E-state index >= 15 is 0 Å². The Morgan fingerprint density at radius 1 is 1.10 bits per heavy atom. The number of hydrogen-bond acceptors (Lipinski definition) is 4. The molecule has 2 aromatic carbocycles. The predicted molar refractivity (Wildman–Crippen MR) is 78.4 cm³/mol. The molecule has 1 N–H and O–H groups in total. The van der Waals surface area contributed by atoms with Crippen LogP contribution in [0.2, 0.25) is 5.02 Å². The Hall–Kier alpha value is -1.89. The summed E-state index contributed by atoms with van der Waals surface area (Å²) in [7, 11) is -4.03. The molecule has 110 valence electrons. The molecule has 0 amide bonds. The van der Waals surface area contributed by atoms with Gasteiger partial charge in [0.1, 0.15) is 4.90 Å². The van der Waals surface area contributed by atoms with Gasteiger partial charge in [0.2, 0.25) is 0 Å². The van der Waals surface area contributed by atoms with Crippen molar-refractivity contribution >= 4 is 27.6 Å². The molecule has 0 spiro atoms. The lowest BCUT2D eigenvalue weighted by atomic mass is 10.1. The van der Waals surface area contributed by atoms with Crippen LogP contribution in [0, 0.1) is 6.92 Å². The fourth-order valence-corrected chi connectivity index (χ4v) is 2.96. The Bertz CT molecular complexity index is 774. The maximum absolute atomic E-state index is 12.0. The molecule has 5 nitrogen and oxygen atoms in total. The first-order chi connectivity index (χ1) is 9.92. The van der Waals surface area contributed by atoms with Crippen molar-refractivity contribution in [1.82, 2.24) is 4.89 Å². The summed E-state index contributed by atoms with van der Waals surface area (Å²) in [5.74, 6) is -0.788. The zero-order chi connectivity index (χ0) is 15.5. The third-order valence-electron chi connectivity index (χ3n) is 2.74. The molecule has 2 aromatic rings. The molecule has 0 atom stereocenters. The van der Waals surface area contributed by atoms with Crippen LogP contribution < -0.4 is 4.89 Å². The summed E-state index contributed by atoms with van der Waals surface area (Å²) < 4.78 is 24.0. The minimum absolute atomic E-state index is 0.0388. The maximum atomic E-state index is 12.0. The van der Waals surface area contributed by atoms with Crippen molar-refractivity contribution in [2.24, 2.45) is 0 Å². The number of hydrogen-bond donors (Lipinski definition) is 1. The van der Waals surface area contributed by atoms with Crippen molar-refractivity contribution in [1.29, 1.82) is 0 Å². The lowest BCUT2D eigenvalue weighted by molar-refractivity contribution is 0.0406. The summed E-state index contributed by atoms with van der Waals surface area (Å²) in [6.07, 6.45) is 0. The Morgan fingerprint density at radius 2 is 1.71 bits per heavy atom. The van der Waals surface area contributed by atoms with Crippen molar-refractivity contribution in [2.75, 3.05) is 0 Å². The Labute approximate surface area is 127 Å². The van der Waals surface area contributed by atoms with Crippen molar-refractivity contribution in [2.45, 2.75) is 11.8 Å². The number of aryl methyl sites for hydroxylation is 1. The van der Waals surface area contributed by atoms with Crippen molar-refractivity contribution < 1.29 is 18.0 Å². The highest BCUT2D eigenvalue weighted by atomic mass is 35.5. The van der Waals surface area contributed by atoms with E-state index in [4.69, 9.17) is 11.6 Å². The molecule has 0 aliphatic rings. The first kappa shape index (κ1) is 15.5. The fraction of sp³-hybridized carbons (Fsp3) is 0.0714. The van der Waals surface area contributed by atoms with Gasteiger partial charge in [-0.15, -0.1) is 0 Å². The molecule has 0 radical (unpaired) electrons. The molecule has 0 saturated carbocycles. The van der Waals surface area contributed by atoms with Gasteiger partial charge in [-0.2, -0.15) is 0 Å². The van der Waals surface area contributed by atoms with Crippen molar-refractivity contribution in [3.8, 4) is 0 Å². The van der Waals surface area contributed by atoms with Crippen LogP contribution in [-0.2, 0) is 14.9 Å². The number of rotatable bonds is 4. The minimum Gasteiger partial charge on any atom is -0.351 e. The Morgan fingerprint density at radius 3 is 2.38 bits per heavy atom. The van der Waals surface area contributed by atoms with Crippen LogP contribution in [0.1, 0.15) is 15.9 Å². The first-order valence-corrected chi connectivity index (χ1v) is 7.81. The zero-order valence-electron chi connectivity index (χ0n) is 11.0. The summed E-state index contributed by atoms with van der Waals surface area (Å²) in [5.41, 5.74) is 0.957. The van der Waals surface area contributed by atoms with Gasteiger partial charge in [-0.25, -0.2) is 13.2 Å². The van der Waals surface area contributed by atoms with Crippen LogP contribution in [0.4, 0.5) is 0 Å². The molecule has 0 bridgehead atoms. The Kier molecular flexibility index (Phi) is 4.62. The molecule has 0 aromatic heterocycles. The summed E-state index contributed by atoms with van der Waals surface area (Å²) in [6, 6.07) is 12.5. The zero-order valence-corrected chi connectivity index (χ0v) is 12.6. The highest BCUT2D eigenvalue weighted by Crippen LogP contribution is 2.20. The van der Waals surface area contributed by atoms with Crippen molar-refractivity contribution in [3.63, 3.8) is 0 Å². The second-order valence-corrected chi connectivity index (χ2v) is 6.24.